The van der Waals surface area contributed by atoms with Crippen molar-refractivity contribution in [3.63, 3.8) is 0 Å². The first-order chi connectivity index (χ1) is 8.68. The summed E-state index contributed by atoms with van der Waals surface area (Å²) in [6.07, 6.45) is 2.95. The molecule has 2 aromatic heterocycles. The van der Waals surface area contributed by atoms with Crippen LogP contribution in [0.3, 0.4) is 0 Å². The van der Waals surface area contributed by atoms with Gasteiger partial charge in [0.05, 0.1) is 21.6 Å². The molecular weight excluding hydrogens is 252 g/mol. The van der Waals surface area contributed by atoms with Crippen molar-refractivity contribution in [3.8, 4) is 0 Å². The fraction of sp³-hybridized carbons (Fsp3) is 0. The van der Waals surface area contributed by atoms with Gasteiger partial charge in [-0.05, 0) is 18.2 Å². The highest BCUT2D eigenvalue weighted by Gasteiger charge is 2.14. The SMILES string of the molecule is O=C(O)c1cnc2ccc3ncccc3c2c1Cl. The first-order valence-electron chi connectivity index (χ1n) is 5.24. The van der Waals surface area contributed by atoms with E-state index in [2.05, 4.69) is 9.97 Å². The number of carboxylic acids is 1. The van der Waals surface area contributed by atoms with Crippen LogP contribution in [0.1, 0.15) is 10.4 Å². The molecule has 0 amide bonds. The number of pyridine rings is 2. The van der Waals surface area contributed by atoms with E-state index >= 15 is 0 Å². The molecule has 0 radical (unpaired) electrons. The van der Waals surface area contributed by atoms with Crippen LogP contribution in [0.2, 0.25) is 5.02 Å². The predicted molar refractivity (Wildman–Crippen MR) is 69.0 cm³/mol. The highest BCUT2D eigenvalue weighted by Crippen LogP contribution is 2.31. The Morgan fingerprint density at radius 3 is 2.72 bits per heavy atom. The Morgan fingerprint density at radius 1 is 1.17 bits per heavy atom. The maximum Gasteiger partial charge on any atom is 0.338 e. The molecule has 0 fully saturated rings. The Morgan fingerprint density at radius 2 is 1.94 bits per heavy atom. The molecule has 2 heterocycles. The summed E-state index contributed by atoms with van der Waals surface area (Å²) in [5.74, 6) is -1.09. The predicted octanol–water partition coefficient (Wildman–Crippen LogP) is 3.13. The number of hydrogen-bond acceptors (Lipinski definition) is 3. The second-order valence-electron chi connectivity index (χ2n) is 3.82. The van der Waals surface area contributed by atoms with Crippen molar-refractivity contribution in [2.75, 3.05) is 0 Å². The minimum atomic E-state index is -1.09. The van der Waals surface area contributed by atoms with Gasteiger partial charge in [-0.15, -0.1) is 0 Å². The summed E-state index contributed by atoms with van der Waals surface area (Å²) in [6.45, 7) is 0. The zero-order valence-corrected chi connectivity index (χ0v) is 9.85. The van der Waals surface area contributed by atoms with E-state index in [0.717, 1.165) is 10.9 Å². The fourth-order valence-corrected chi connectivity index (χ4v) is 2.28. The van der Waals surface area contributed by atoms with Gasteiger partial charge in [-0.1, -0.05) is 17.7 Å². The molecule has 3 aromatic rings. The molecule has 0 atom stereocenters. The van der Waals surface area contributed by atoms with Gasteiger partial charge < -0.3 is 5.11 Å². The van der Waals surface area contributed by atoms with Gasteiger partial charge in [0.15, 0.2) is 0 Å². The summed E-state index contributed by atoms with van der Waals surface area (Å²) in [5.41, 5.74) is 1.42. The van der Waals surface area contributed by atoms with Gasteiger partial charge in [0, 0.05) is 23.2 Å². The standard InChI is InChI=1S/C13H7ClN2O2/c14-12-8(13(17)18)6-16-10-4-3-9-7(11(10)12)2-1-5-15-9/h1-6H,(H,17,18). The average molecular weight is 259 g/mol. The van der Waals surface area contributed by atoms with Crippen LogP contribution in [0.15, 0.2) is 36.7 Å². The number of nitrogens with zero attached hydrogens (tertiary/aromatic N) is 2. The molecule has 88 valence electrons. The zero-order valence-electron chi connectivity index (χ0n) is 9.09. The Labute approximate surface area is 107 Å². The number of hydrogen-bond donors (Lipinski definition) is 1. The average Bonchev–Trinajstić information content (AvgIpc) is 2.38. The second-order valence-corrected chi connectivity index (χ2v) is 4.20. The Balaban J connectivity index is 2.55. The third-order valence-electron chi connectivity index (χ3n) is 2.78. The Hall–Kier alpha value is -2.20. The number of benzene rings is 1. The van der Waals surface area contributed by atoms with E-state index in [1.807, 2.05) is 12.1 Å². The molecule has 0 spiro atoms. The molecule has 0 bridgehead atoms. The largest absolute Gasteiger partial charge is 0.478 e. The van der Waals surface area contributed by atoms with E-state index in [1.54, 1.807) is 18.3 Å². The van der Waals surface area contributed by atoms with Gasteiger partial charge in [0.1, 0.15) is 0 Å². The second kappa shape index (κ2) is 3.92. The van der Waals surface area contributed by atoms with Gasteiger partial charge >= 0.3 is 5.97 Å². The number of carboxylic acid groups (broad SMARTS) is 1. The summed E-state index contributed by atoms with van der Waals surface area (Å²) in [5, 5.41) is 10.7. The molecule has 0 saturated carbocycles. The van der Waals surface area contributed by atoms with Crippen molar-refractivity contribution >= 4 is 39.4 Å². The van der Waals surface area contributed by atoms with Crippen LogP contribution in [0, 0.1) is 0 Å². The van der Waals surface area contributed by atoms with Gasteiger partial charge in [0.2, 0.25) is 0 Å². The van der Waals surface area contributed by atoms with Crippen molar-refractivity contribution < 1.29 is 9.90 Å². The van der Waals surface area contributed by atoms with E-state index in [0.29, 0.717) is 10.9 Å². The maximum atomic E-state index is 11.1. The molecule has 0 aliphatic rings. The minimum Gasteiger partial charge on any atom is -0.478 e. The quantitative estimate of drug-likeness (QED) is 0.681. The third kappa shape index (κ3) is 1.50. The van der Waals surface area contributed by atoms with Crippen molar-refractivity contribution in [2.45, 2.75) is 0 Å². The van der Waals surface area contributed by atoms with Crippen LogP contribution in [0.25, 0.3) is 21.8 Å². The fourth-order valence-electron chi connectivity index (χ4n) is 1.95. The van der Waals surface area contributed by atoms with Crippen LogP contribution in [-0.2, 0) is 0 Å². The number of carbonyl (C=O) groups is 1. The summed E-state index contributed by atoms with van der Waals surface area (Å²) >= 11 is 6.17. The molecule has 0 saturated heterocycles. The zero-order chi connectivity index (χ0) is 12.7. The summed E-state index contributed by atoms with van der Waals surface area (Å²) in [6, 6.07) is 7.25. The smallest absolute Gasteiger partial charge is 0.338 e. The molecule has 0 aliphatic heterocycles. The van der Waals surface area contributed by atoms with Crippen molar-refractivity contribution in [2.24, 2.45) is 0 Å². The van der Waals surface area contributed by atoms with Gasteiger partial charge in [-0.25, -0.2) is 4.79 Å². The molecule has 0 unspecified atom stereocenters. The Bertz CT molecular complexity index is 786. The number of fused-ring (bicyclic) bond motifs is 3. The molecule has 5 heteroatoms. The van der Waals surface area contributed by atoms with E-state index in [-0.39, 0.29) is 10.6 Å². The Kier molecular flexibility index (Phi) is 2.38. The number of halogens is 1. The lowest BCUT2D eigenvalue weighted by Gasteiger charge is -2.06. The van der Waals surface area contributed by atoms with Crippen LogP contribution < -0.4 is 0 Å². The van der Waals surface area contributed by atoms with Gasteiger partial charge in [0.25, 0.3) is 0 Å². The number of rotatable bonds is 1. The first kappa shape index (κ1) is 10.9. The van der Waals surface area contributed by atoms with E-state index in [4.69, 9.17) is 16.7 Å². The highest BCUT2D eigenvalue weighted by atomic mass is 35.5. The lowest BCUT2D eigenvalue weighted by molar-refractivity contribution is 0.0697. The summed E-state index contributed by atoms with van der Waals surface area (Å²) < 4.78 is 0. The van der Waals surface area contributed by atoms with Crippen LogP contribution in [0.5, 0.6) is 0 Å². The lowest BCUT2D eigenvalue weighted by Crippen LogP contribution is -1.99. The molecule has 1 N–H and O–H groups in total. The van der Waals surface area contributed by atoms with Crippen molar-refractivity contribution in [1.82, 2.24) is 9.97 Å². The van der Waals surface area contributed by atoms with E-state index < -0.39 is 5.97 Å². The molecule has 0 aliphatic carbocycles. The van der Waals surface area contributed by atoms with E-state index in [9.17, 15) is 4.79 Å². The summed E-state index contributed by atoms with van der Waals surface area (Å²) in [4.78, 5) is 19.4. The minimum absolute atomic E-state index is 0.000481. The molecule has 3 rings (SSSR count). The maximum absolute atomic E-state index is 11.1. The van der Waals surface area contributed by atoms with Crippen LogP contribution in [-0.4, -0.2) is 21.0 Å². The number of aromatic carboxylic acids is 1. The normalized spacial score (nSPS) is 10.9. The molecule has 4 nitrogen and oxygen atoms in total. The van der Waals surface area contributed by atoms with Gasteiger partial charge in [-0.2, -0.15) is 0 Å². The van der Waals surface area contributed by atoms with Gasteiger partial charge in [-0.3, -0.25) is 9.97 Å². The topological polar surface area (TPSA) is 63.1 Å². The molecule has 18 heavy (non-hydrogen) atoms. The van der Waals surface area contributed by atoms with Crippen LogP contribution >= 0.6 is 11.6 Å². The van der Waals surface area contributed by atoms with Crippen molar-refractivity contribution in [3.05, 3.63) is 47.2 Å². The third-order valence-corrected chi connectivity index (χ3v) is 3.17. The van der Waals surface area contributed by atoms with Crippen LogP contribution in [0.4, 0.5) is 0 Å². The lowest BCUT2D eigenvalue weighted by atomic mass is 10.1. The summed E-state index contributed by atoms with van der Waals surface area (Å²) in [7, 11) is 0. The first-order valence-corrected chi connectivity index (χ1v) is 5.61. The molecule has 1 aromatic carbocycles. The molecular formula is C13H7ClN2O2. The number of aromatic nitrogens is 2. The highest BCUT2D eigenvalue weighted by molar-refractivity contribution is 6.40. The van der Waals surface area contributed by atoms with Crippen molar-refractivity contribution in [1.29, 1.82) is 0 Å². The monoisotopic (exact) mass is 258 g/mol. The van der Waals surface area contributed by atoms with E-state index in [1.165, 1.54) is 6.20 Å².